The molecular formula is C21H26N2O2S. The molecule has 0 fully saturated rings. The monoisotopic (exact) mass is 370 g/mol. The van der Waals surface area contributed by atoms with Crippen LogP contribution in [-0.2, 0) is 6.54 Å². The quantitative estimate of drug-likeness (QED) is 0.627. The summed E-state index contributed by atoms with van der Waals surface area (Å²) >= 11 is 1.53. The van der Waals surface area contributed by atoms with Gasteiger partial charge in [0.25, 0.3) is 5.56 Å². The Morgan fingerprint density at radius 2 is 1.73 bits per heavy atom. The summed E-state index contributed by atoms with van der Waals surface area (Å²) in [7, 11) is 0. The Morgan fingerprint density at radius 1 is 1.12 bits per heavy atom. The van der Waals surface area contributed by atoms with Crippen LogP contribution in [0.4, 0.5) is 0 Å². The number of hydrogen-bond acceptors (Lipinski definition) is 3. The molecule has 0 aliphatic heterocycles. The molecule has 1 aromatic heterocycles. The van der Waals surface area contributed by atoms with E-state index >= 15 is 0 Å². The van der Waals surface area contributed by atoms with Gasteiger partial charge < -0.3 is 0 Å². The summed E-state index contributed by atoms with van der Waals surface area (Å²) in [6.07, 6.45) is 6.30. The molecule has 2 aromatic rings. The normalized spacial score (nSPS) is 14.5. The Kier molecular flexibility index (Phi) is 5.56. The summed E-state index contributed by atoms with van der Waals surface area (Å²) in [5.74, 6) is 0.456. The molecule has 1 aromatic carbocycles. The molecule has 3 rings (SSSR count). The predicted molar refractivity (Wildman–Crippen MR) is 107 cm³/mol. The number of nitrogens with zero attached hydrogens (tertiary/aromatic N) is 1. The fraction of sp³-hybridized carbons (Fsp3) is 0.429. The number of H-pyrrole nitrogens is 1. The highest BCUT2D eigenvalue weighted by atomic mass is 32.2. The molecule has 1 heterocycles. The lowest BCUT2D eigenvalue weighted by Crippen LogP contribution is -2.35. The maximum atomic E-state index is 12.6. The zero-order valence-corrected chi connectivity index (χ0v) is 16.7. The van der Waals surface area contributed by atoms with Crippen LogP contribution in [-0.4, -0.2) is 9.55 Å². The van der Waals surface area contributed by atoms with Crippen molar-refractivity contribution in [2.45, 2.75) is 62.9 Å². The van der Waals surface area contributed by atoms with Gasteiger partial charge in [-0.2, -0.15) is 0 Å². The molecule has 0 spiro atoms. The molecule has 0 atom stereocenters. The lowest BCUT2D eigenvalue weighted by molar-refractivity contribution is 0.428. The molecule has 4 nitrogen and oxygen atoms in total. The third-order valence-electron chi connectivity index (χ3n) is 4.72. The number of aromatic nitrogens is 2. The second-order valence-electron chi connectivity index (χ2n) is 7.48. The summed E-state index contributed by atoms with van der Waals surface area (Å²) in [5, 5.41) is 0.783. The Morgan fingerprint density at radius 3 is 2.31 bits per heavy atom. The van der Waals surface area contributed by atoms with E-state index in [0.29, 0.717) is 18.0 Å². The van der Waals surface area contributed by atoms with E-state index in [-0.39, 0.29) is 17.2 Å². The first kappa shape index (κ1) is 18.8. The second kappa shape index (κ2) is 7.70. The van der Waals surface area contributed by atoms with Crippen LogP contribution < -0.4 is 11.2 Å². The molecule has 0 radical (unpaired) electrons. The van der Waals surface area contributed by atoms with E-state index in [1.54, 1.807) is 4.57 Å². The Balaban J connectivity index is 2.12. The maximum Gasteiger partial charge on any atom is 0.329 e. The van der Waals surface area contributed by atoms with Gasteiger partial charge in [0, 0.05) is 11.4 Å². The first-order valence-electron chi connectivity index (χ1n) is 9.13. The van der Waals surface area contributed by atoms with Crippen molar-refractivity contribution < 1.29 is 0 Å². The van der Waals surface area contributed by atoms with Crippen LogP contribution in [0.5, 0.6) is 0 Å². The zero-order valence-electron chi connectivity index (χ0n) is 15.8. The van der Waals surface area contributed by atoms with Crippen LogP contribution in [0.15, 0.2) is 49.9 Å². The molecule has 0 unspecified atom stereocenters. The highest BCUT2D eigenvalue weighted by molar-refractivity contribution is 7.99. The van der Waals surface area contributed by atoms with Crippen molar-refractivity contribution in [3.63, 3.8) is 0 Å². The van der Waals surface area contributed by atoms with Gasteiger partial charge in [-0.05, 0) is 61.8 Å². The van der Waals surface area contributed by atoms with E-state index < -0.39 is 0 Å². The fourth-order valence-electron chi connectivity index (χ4n) is 3.54. The Bertz CT molecular complexity index is 925. The minimum Gasteiger partial charge on any atom is -0.287 e. The Labute approximate surface area is 158 Å². The van der Waals surface area contributed by atoms with E-state index in [1.807, 2.05) is 13.8 Å². The van der Waals surface area contributed by atoms with Gasteiger partial charge in [-0.3, -0.25) is 14.3 Å². The molecule has 26 heavy (non-hydrogen) atoms. The topological polar surface area (TPSA) is 54.9 Å². The SMILES string of the molecule is Cc1cc(C)cc(Sc2c(C(C)C)c(=O)[nH]c(=O)n2CC2CC=CC2)c1. The number of aromatic amines is 1. The van der Waals surface area contributed by atoms with Gasteiger partial charge in [-0.25, -0.2) is 4.79 Å². The average molecular weight is 371 g/mol. The van der Waals surface area contributed by atoms with E-state index in [2.05, 4.69) is 49.2 Å². The van der Waals surface area contributed by atoms with Crippen molar-refractivity contribution in [2.75, 3.05) is 0 Å². The van der Waals surface area contributed by atoms with Gasteiger partial charge in [0.2, 0.25) is 0 Å². The standard InChI is InChI=1S/C21H26N2O2S/c1-13(2)18-19(24)22-21(25)23(12-16-7-5-6-8-16)20(18)26-17-10-14(3)9-15(4)11-17/h5-6,9-11,13,16H,7-8,12H2,1-4H3,(H,22,24,25). The minimum absolute atomic E-state index is 0.0423. The fourth-order valence-corrected chi connectivity index (χ4v) is 4.95. The van der Waals surface area contributed by atoms with Crippen LogP contribution in [0, 0.1) is 19.8 Å². The van der Waals surface area contributed by atoms with Crippen LogP contribution >= 0.6 is 11.8 Å². The molecule has 5 heteroatoms. The summed E-state index contributed by atoms with van der Waals surface area (Å²) in [4.78, 5) is 28.7. The smallest absolute Gasteiger partial charge is 0.287 e. The van der Waals surface area contributed by atoms with Gasteiger partial charge in [0.15, 0.2) is 0 Å². The second-order valence-corrected chi connectivity index (χ2v) is 8.54. The van der Waals surface area contributed by atoms with Gasteiger partial charge in [-0.15, -0.1) is 0 Å². The van der Waals surface area contributed by atoms with Crippen molar-refractivity contribution >= 4 is 11.8 Å². The lowest BCUT2D eigenvalue weighted by Gasteiger charge is -2.20. The van der Waals surface area contributed by atoms with Gasteiger partial charge in [0.1, 0.15) is 0 Å². The predicted octanol–water partition coefficient (Wildman–Crippen LogP) is 4.39. The van der Waals surface area contributed by atoms with E-state index in [9.17, 15) is 9.59 Å². The Hall–Kier alpha value is -2.01. The zero-order chi connectivity index (χ0) is 18.8. The molecular weight excluding hydrogens is 344 g/mol. The average Bonchev–Trinajstić information content (AvgIpc) is 3.02. The van der Waals surface area contributed by atoms with Crippen molar-refractivity contribution in [1.29, 1.82) is 0 Å². The number of benzene rings is 1. The molecule has 138 valence electrons. The maximum absolute atomic E-state index is 12.6. The van der Waals surface area contributed by atoms with Gasteiger partial charge in [0.05, 0.1) is 10.6 Å². The van der Waals surface area contributed by atoms with Crippen molar-refractivity contribution in [2.24, 2.45) is 5.92 Å². The van der Waals surface area contributed by atoms with Crippen molar-refractivity contribution in [3.05, 3.63) is 67.9 Å². The summed E-state index contributed by atoms with van der Waals surface area (Å²) in [6, 6.07) is 6.34. The van der Waals surface area contributed by atoms with Crippen LogP contribution in [0.25, 0.3) is 0 Å². The third-order valence-corrected chi connectivity index (χ3v) is 5.82. The minimum atomic E-state index is -0.307. The number of hydrogen-bond donors (Lipinski definition) is 1. The first-order valence-corrected chi connectivity index (χ1v) is 9.95. The molecule has 0 saturated carbocycles. The number of aryl methyl sites for hydroxylation is 2. The third kappa shape index (κ3) is 4.04. The van der Waals surface area contributed by atoms with Crippen LogP contribution in [0.1, 0.15) is 49.3 Å². The summed E-state index contributed by atoms with van der Waals surface area (Å²) < 4.78 is 1.77. The number of allylic oxidation sites excluding steroid dienone is 2. The van der Waals surface area contributed by atoms with Crippen LogP contribution in [0.3, 0.4) is 0 Å². The van der Waals surface area contributed by atoms with Gasteiger partial charge >= 0.3 is 5.69 Å². The highest BCUT2D eigenvalue weighted by Gasteiger charge is 2.21. The molecule has 1 aliphatic carbocycles. The van der Waals surface area contributed by atoms with Gasteiger partial charge in [-0.1, -0.05) is 43.8 Å². The van der Waals surface area contributed by atoms with E-state index in [0.717, 1.165) is 22.8 Å². The summed E-state index contributed by atoms with van der Waals surface area (Å²) in [6.45, 7) is 8.77. The molecule has 0 amide bonds. The largest absolute Gasteiger partial charge is 0.329 e. The summed E-state index contributed by atoms with van der Waals surface area (Å²) in [5.41, 5.74) is 2.48. The number of rotatable bonds is 5. The number of nitrogens with one attached hydrogen (secondary N) is 1. The molecule has 1 aliphatic rings. The van der Waals surface area contributed by atoms with Crippen molar-refractivity contribution in [1.82, 2.24) is 9.55 Å². The van der Waals surface area contributed by atoms with Crippen molar-refractivity contribution in [3.8, 4) is 0 Å². The van der Waals surface area contributed by atoms with E-state index in [4.69, 9.17) is 0 Å². The van der Waals surface area contributed by atoms with Crippen LogP contribution in [0.2, 0.25) is 0 Å². The molecule has 1 N–H and O–H groups in total. The lowest BCUT2D eigenvalue weighted by atomic mass is 10.1. The molecule has 0 bridgehead atoms. The highest BCUT2D eigenvalue weighted by Crippen LogP contribution is 2.33. The van der Waals surface area contributed by atoms with E-state index in [1.165, 1.54) is 22.9 Å². The first-order chi connectivity index (χ1) is 12.3. The molecule has 0 saturated heterocycles.